The normalized spacial score (nSPS) is 23.7. The number of thioether (sulfide) groups is 1. The molecule has 0 aliphatic carbocycles. The van der Waals surface area contributed by atoms with Gasteiger partial charge in [0.25, 0.3) is 0 Å². The Bertz CT molecular complexity index is 230. The predicted molar refractivity (Wildman–Crippen MR) is 53.5 cm³/mol. The Morgan fingerprint density at radius 3 is 2.73 bits per heavy atom. The quantitative estimate of drug-likeness (QED) is 0.815. The second kappa shape index (κ2) is 5.61. The van der Waals surface area contributed by atoms with Gasteiger partial charge < -0.3 is 5.32 Å². The average molecular weight is 238 g/mol. The molecule has 1 heterocycles. The summed E-state index contributed by atoms with van der Waals surface area (Å²) in [6.07, 6.45) is -2.22. The summed E-state index contributed by atoms with van der Waals surface area (Å²) in [5.74, 6) is -0.795. The highest BCUT2D eigenvalue weighted by Gasteiger charge is 2.39. The fourth-order valence-corrected chi connectivity index (χ4v) is 2.66. The largest absolute Gasteiger partial charge is 0.405 e. The molecule has 0 amide bonds. The van der Waals surface area contributed by atoms with Crippen LogP contribution in [0.3, 0.4) is 0 Å². The van der Waals surface area contributed by atoms with Gasteiger partial charge in [-0.1, -0.05) is 0 Å². The number of nitriles is 1. The number of hydrogen-bond donors (Lipinski definition) is 1. The molecule has 1 fully saturated rings. The fourth-order valence-electron chi connectivity index (χ4n) is 1.43. The van der Waals surface area contributed by atoms with Gasteiger partial charge in [0.2, 0.25) is 0 Å². The maximum atomic E-state index is 12.2. The molecule has 1 aliphatic rings. The van der Waals surface area contributed by atoms with Crippen molar-refractivity contribution >= 4 is 11.8 Å². The molecule has 1 N–H and O–H groups in total. The molecule has 0 aromatic heterocycles. The van der Waals surface area contributed by atoms with Crippen LogP contribution in [0.4, 0.5) is 13.2 Å². The molecule has 0 bridgehead atoms. The van der Waals surface area contributed by atoms with Gasteiger partial charge in [0.05, 0.1) is 6.07 Å². The number of alkyl halides is 3. The number of nitrogens with zero attached hydrogens (tertiary/aromatic N) is 1. The molecule has 2 unspecified atom stereocenters. The Balaban J connectivity index is 2.20. The van der Waals surface area contributed by atoms with E-state index >= 15 is 0 Å². The van der Waals surface area contributed by atoms with Crippen LogP contribution in [0, 0.1) is 17.2 Å². The summed E-state index contributed by atoms with van der Waals surface area (Å²) in [4.78, 5) is 0. The topological polar surface area (TPSA) is 35.8 Å². The van der Waals surface area contributed by atoms with Gasteiger partial charge in [-0.05, 0) is 18.6 Å². The van der Waals surface area contributed by atoms with E-state index in [-0.39, 0.29) is 6.54 Å². The van der Waals surface area contributed by atoms with E-state index in [4.69, 9.17) is 5.26 Å². The fraction of sp³-hybridized carbons (Fsp3) is 0.889. The van der Waals surface area contributed by atoms with Crippen LogP contribution in [0.15, 0.2) is 0 Å². The highest BCUT2D eigenvalue weighted by molar-refractivity contribution is 8.00. The Labute approximate surface area is 91.2 Å². The highest BCUT2D eigenvalue weighted by Crippen LogP contribution is 2.27. The Hall–Kier alpha value is -0.410. The van der Waals surface area contributed by atoms with Crippen molar-refractivity contribution in [1.82, 2.24) is 5.32 Å². The third-order valence-corrected chi connectivity index (χ3v) is 3.69. The summed E-state index contributed by atoms with van der Waals surface area (Å²) in [5, 5.41) is 11.5. The summed E-state index contributed by atoms with van der Waals surface area (Å²) < 4.78 is 36.5. The van der Waals surface area contributed by atoms with E-state index in [0.29, 0.717) is 11.8 Å². The molecule has 0 aromatic carbocycles. The lowest BCUT2D eigenvalue weighted by molar-refractivity contribution is -0.157. The van der Waals surface area contributed by atoms with Gasteiger partial charge in [0, 0.05) is 18.3 Å². The molecule has 0 saturated carbocycles. The van der Waals surface area contributed by atoms with Crippen LogP contribution >= 0.6 is 11.8 Å². The van der Waals surface area contributed by atoms with Gasteiger partial charge in [-0.25, -0.2) is 0 Å². The second-order valence-electron chi connectivity index (χ2n) is 3.52. The van der Waals surface area contributed by atoms with Gasteiger partial charge in [0.15, 0.2) is 5.92 Å². The minimum Gasteiger partial charge on any atom is -0.314 e. The van der Waals surface area contributed by atoms with Gasteiger partial charge in [-0.2, -0.15) is 30.2 Å². The monoisotopic (exact) mass is 238 g/mol. The van der Waals surface area contributed by atoms with Crippen molar-refractivity contribution in [3.05, 3.63) is 0 Å². The molecule has 86 valence electrons. The molecule has 2 nitrogen and oxygen atoms in total. The highest BCUT2D eigenvalue weighted by atomic mass is 32.2. The first kappa shape index (κ1) is 12.7. The SMILES string of the molecule is N#CC(CNCC1CCCS1)C(F)(F)F. The molecule has 1 saturated heterocycles. The lowest BCUT2D eigenvalue weighted by Crippen LogP contribution is -2.35. The van der Waals surface area contributed by atoms with Crippen molar-refractivity contribution in [3.63, 3.8) is 0 Å². The molecule has 2 atom stereocenters. The van der Waals surface area contributed by atoms with E-state index in [0.717, 1.165) is 18.6 Å². The van der Waals surface area contributed by atoms with Crippen LogP contribution in [-0.4, -0.2) is 30.3 Å². The number of rotatable bonds is 4. The van der Waals surface area contributed by atoms with Crippen LogP contribution < -0.4 is 5.32 Å². The molecular formula is C9H13F3N2S. The molecule has 0 spiro atoms. The molecular weight excluding hydrogens is 225 g/mol. The molecule has 1 aliphatic heterocycles. The maximum absolute atomic E-state index is 12.2. The van der Waals surface area contributed by atoms with Crippen LogP contribution in [0.1, 0.15) is 12.8 Å². The van der Waals surface area contributed by atoms with E-state index in [2.05, 4.69) is 5.32 Å². The lowest BCUT2D eigenvalue weighted by atomic mass is 10.1. The standard InChI is InChI=1S/C9H13F3N2S/c10-9(11,12)7(4-13)5-14-6-8-2-1-3-15-8/h7-8,14H,1-3,5-6H2. The summed E-state index contributed by atoms with van der Waals surface area (Å²) in [5.41, 5.74) is 0. The van der Waals surface area contributed by atoms with E-state index in [1.54, 1.807) is 11.8 Å². The van der Waals surface area contributed by atoms with Crippen LogP contribution in [0.2, 0.25) is 0 Å². The predicted octanol–water partition coefficient (Wildman–Crippen LogP) is 2.17. The van der Waals surface area contributed by atoms with E-state index in [1.165, 1.54) is 6.07 Å². The smallest absolute Gasteiger partial charge is 0.314 e. The molecule has 0 aromatic rings. The summed E-state index contributed by atoms with van der Waals surface area (Å²) >= 11 is 1.78. The number of hydrogen-bond acceptors (Lipinski definition) is 3. The maximum Gasteiger partial charge on any atom is 0.405 e. The zero-order valence-corrected chi connectivity index (χ0v) is 9.00. The first-order chi connectivity index (χ1) is 7.04. The molecule has 6 heteroatoms. The zero-order chi connectivity index (χ0) is 11.3. The van der Waals surface area contributed by atoms with Gasteiger partial charge in [-0.3, -0.25) is 0 Å². The Kier molecular flexibility index (Phi) is 4.74. The lowest BCUT2D eigenvalue weighted by Gasteiger charge is -2.15. The second-order valence-corrected chi connectivity index (χ2v) is 4.92. The van der Waals surface area contributed by atoms with Crippen molar-refractivity contribution in [2.24, 2.45) is 5.92 Å². The minimum absolute atomic E-state index is 0.295. The summed E-state index contributed by atoms with van der Waals surface area (Å²) in [6.45, 7) is 0.274. The van der Waals surface area contributed by atoms with Crippen LogP contribution in [-0.2, 0) is 0 Å². The van der Waals surface area contributed by atoms with E-state index in [9.17, 15) is 13.2 Å². The third-order valence-electron chi connectivity index (χ3n) is 2.30. The molecule has 1 rings (SSSR count). The van der Waals surface area contributed by atoms with E-state index in [1.807, 2.05) is 0 Å². The Morgan fingerprint density at radius 2 is 2.27 bits per heavy atom. The first-order valence-electron chi connectivity index (χ1n) is 4.82. The number of nitrogens with one attached hydrogen (secondary N) is 1. The summed E-state index contributed by atoms with van der Waals surface area (Å²) in [6, 6.07) is 1.27. The molecule has 15 heavy (non-hydrogen) atoms. The van der Waals surface area contributed by atoms with Crippen molar-refractivity contribution in [2.75, 3.05) is 18.8 Å². The third kappa shape index (κ3) is 4.31. The van der Waals surface area contributed by atoms with Gasteiger partial charge >= 0.3 is 6.18 Å². The van der Waals surface area contributed by atoms with Crippen molar-refractivity contribution < 1.29 is 13.2 Å². The first-order valence-corrected chi connectivity index (χ1v) is 5.87. The minimum atomic E-state index is -4.41. The van der Waals surface area contributed by atoms with Crippen molar-refractivity contribution in [2.45, 2.75) is 24.3 Å². The van der Waals surface area contributed by atoms with Crippen molar-refractivity contribution in [1.29, 1.82) is 5.26 Å². The van der Waals surface area contributed by atoms with Crippen molar-refractivity contribution in [3.8, 4) is 6.07 Å². The van der Waals surface area contributed by atoms with Crippen LogP contribution in [0.25, 0.3) is 0 Å². The van der Waals surface area contributed by atoms with Crippen LogP contribution in [0.5, 0.6) is 0 Å². The Morgan fingerprint density at radius 1 is 1.53 bits per heavy atom. The average Bonchev–Trinajstić information content (AvgIpc) is 2.62. The summed E-state index contributed by atoms with van der Waals surface area (Å²) in [7, 11) is 0. The molecule has 0 radical (unpaired) electrons. The zero-order valence-electron chi connectivity index (χ0n) is 8.18. The van der Waals surface area contributed by atoms with Gasteiger partial charge in [0.1, 0.15) is 0 Å². The van der Waals surface area contributed by atoms with E-state index < -0.39 is 12.1 Å². The van der Waals surface area contributed by atoms with Gasteiger partial charge in [-0.15, -0.1) is 0 Å². The number of halogens is 3.